The van der Waals surface area contributed by atoms with Crippen molar-refractivity contribution < 1.29 is 14.3 Å². The van der Waals surface area contributed by atoms with Gasteiger partial charge in [0.15, 0.2) is 0 Å². The summed E-state index contributed by atoms with van der Waals surface area (Å²) in [5.74, 6) is -0.166. The molecule has 0 unspecified atom stereocenters. The highest BCUT2D eigenvalue weighted by Gasteiger charge is 2.11. The van der Waals surface area contributed by atoms with E-state index in [2.05, 4.69) is 15.4 Å². The maximum atomic E-state index is 12.2. The zero-order chi connectivity index (χ0) is 15.9. The SMILES string of the molecule is COC(=O)Nc1ccc(C(=O)N[C@@H](C)c2ccccc2)cc1. The van der Waals surface area contributed by atoms with Crippen LogP contribution >= 0.6 is 0 Å². The third-order valence-electron chi connectivity index (χ3n) is 3.23. The lowest BCUT2D eigenvalue weighted by molar-refractivity contribution is 0.0940. The Morgan fingerprint density at radius 2 is 1.64 bits per heavy atom. The Kier molecular flexibility index (Phi) is 5.14. The Hall–Kier alpha value is -2.82. The van der Waals surface area contributed by atoms with Crippen LogP contribution in [0.25, 0.3) is 0 Å². The minimum atomic E-state index is -0.546. The highest BCUT2D eigenvalue weighted by atomic mass is 16.5. The van der Waals surface area contributed by atoms with Gasteiger partial charge in [-0.25, -0.2) is 4.79 Å². The number of hydrogen-bond acceptors (Lipinski definition) is 3. The molecule has 1 atom stereocenters. The van der Waals surface area contributed by atoms with E-state index in [1.54, 1.807) is 24.3 Å². The topological polar surface area (TPSA) is 67.4 Å². The predicted molar refractivity (Wildman–Crippen MR) is 84.8 cm³/mol. The molecule has 2 rings (SSSR count). The van der Waals surface area contributed by atoms with E-state index in [1.165, 1.54) is 7.11 Å². The summed E-state index contributed by atoms with van der Waals surface area (Å²) in [6, 6.07) is 16.3. The lowest BCUT2D eigenvalue weighted by atomic mass is 10.1. The third-order valence-corrected chi connectivity index (χ3v) is 3.23. The fourth-order valence-electron chi connectivity index (χ4n) is 1.98. The zero-order valence-corrected chi connectivity index (χ0v) is 12.5. The van der Waals surface area contributed by atoms with Gasteiger partial charge in [0.2, 0.25) is 0 Å². The Morgan fingerprint density at radius 1 is 1.00 bits per heavy atom. The van der Waals surface area contributed by atoms with E-state index in [1.807, 2.05) is 37.3 Å². The molecule has 5 nitrogen and oxygen atoms in total. The molecule has 0 saturated carbocycles. The van der Waals surface area contributed by atoms with Gasteiger partial charge in [0, 0.05) is 11.3 Å². The van der Waals surface area contributed by atoms with Gasteiger partial charge in [0.1, 0.15) is 0 Å². The third kappa shape index (κ3) is 4.09. The van der Waals surface area contributed by atoms with Crippen molar-refractivity contribution in [2.24, 2.45) is 0 Å². The van der Waals surface area contributed by atoms with Gasteiger partial charge in [-0.15, -0.1) is 0 Å². The van der Waals surface area contributed by atoms with Crippen LogP contribution < -0.4 is 10.6 Å². The second-order valence-electron chi connectivity index (χ2n) is 4.80. The first kappa shape index (κ1) is 15.6. The molecule has 0 aliphatic carbocycles. The average Bonchev–Trinajstić information content (AvgIpc) is 2.56. The Balaban J connectivity index is 1.99. The van der Waals surface area contributed by atoms with Gasteiger partial charge in [0.05, 0.1) is 13.2 Å². The van der Waals surface area contributed by atoms with Crippen LogP contribution in [0.15, 0.2) is 54.6 Å². The maximum Gasteiger partial charge on any atom is 0.411 e. The quantitative estimate of drug-likeness (QED) is 0.909. The fourth-order valence-corrected chi connectivity index (χ4v) is 1.98. The maximum absolute atomic E-state index is 12.2. The van der Waals surface area contributed by atoms with Crippen molar-refractivity contribution in [2.45, 2.75) is 13.0 Å². The van der Waals surface area contributed by atoms with Crippen molar-refractivity contribution in [3.63, 3.8) is 0 Å². The van der Waals surface area contributed by atoms with Crippen LogP contribution in [0.1, 0.15) is 28.9 Å². The van der Waals surface area contributed by atoms with E-state index in [0.717, 1.165) is 5.56 Å². The molecule has 114 valence electrons. The monoisotopic (exact) mass is 298 g/mol. The second kappa shape index (κ2) is 7.26. The van der Waals surface area contributed by atoms with E-state index in [4.69, 9.17) is 0 Å². The number of rotatable bonds is 4. The summed E-state index contributed by atoms with van der Waals surface area (Å²) in [5.41, 5.74) is 2.14. The number of ether oxygens (including phenoxy) is 1. The Bertz CT molecular complexity index is 639. The van der Waals surface area contributed by atoms with Gasteiger partial charge in [-0.2, -0.15) is 0 Å². The molecule has 0 heterocycles. The van der Waals surface area contributed by atoms with Crippen LogP contribution in [-0.2, 0) is 4.74 Å². The van der Waals surface area contributed by atoms with Crippen molar-refractivity contribution in [1.29, 1.82) is 0 Å². The van der Waals surface area contributed by atoms with E-state index in [0.29, 0.717) is 11.3 Å². The van der Waals surface area contributed by atoms with Crippen LogP contribution in [0.2, 0.25) is 0 Å². The van der Waals surface area contributed by atoms with Crippen LogP contribution in [0, 0.1) is 0 Å². The summed E-state index contributed by atoms with van der Waals surface area (Å²) in [5, 5.41) is 5.46. The lowest BCUT2D eigenvalue weighted by Crippen LogP contribution is -2.26. The summed E-state index contributed by atoms with van der Waals surface area (Å²) in [6.07, 6.45) is -0.546. The predicted octanol–water partition coefficient (Wildman–Crippen LogP) is 3.36. The number of benzene rings is 2. The smallest absolute Gasteiger partial charge is 0.411 e. The Morgan fingerprint density at radius 3 is 2.23 bits per heavy atom. The first-order valence-corrected chi connectivity index (χ1v) is 6.91. The molecular weight excluding hydrogens is 280 g/mol. The van der Waals surface area contributed by atoms with Gasteiger partial charge < -0.3 is 10.1 Å². The fraction of sp³-hybridized carbons (Fsp3) is 0.176. The highest BCUT2D eigenvalue weighted by Crippen LogP contribution is 2.14. The van der Waals surface area contributed by atoms with Crippen LogP contribution in [0.5, 0.6) is 0 Å². The summed E-state index contributed by atoms with van der Waals surface area (Å²) in [6.45, 7) is 1.93. The van der Waals surface area contributed by atoms with Crippen LogP contribution in [0.4, 0.5) is 10.5 Å². The summed E-state index contributed by atoms with van der Waals surface area (Å²) in [4.78, 5) is 23.3. The molecular formula is C17H18N2O3. The highest BCUT2D eigenvalue weighted by molar-refractivity contribution is 5.95. The molecule has 0 saturated heterocycles. The standard InChI is InChI=1S/C17H18N2O3/c1-12(13-6-4-3-5-7-13)18-16(20)14-8-10-15(11-9-14)19-17(21)22-2/h3-12H,1-2H3,(H,18,20)(H,19,21)/t12-/m0/s1. The van der Waals surface area contributed by atoms with Gasteiger partial charge in [-0.1, -0.05) is 30.3 Å². The number of anilines is 1. The lowest BCUT2D eigenvalue weighted by Gasteiger charge is -2.14. The van der Waals surface area contributed by atoms with Crippen LogP contribution in [0.3, 0.4) is 0 Å². The van der Waals surface area contributed by atoms with Gasteiger partial charge in [0.25, 0.3) is 5.91 Å². The molecule has 0 spiro atoms. The molecule has 0 bridgehead atoms. The number of nitrogens with one attached hydrogen (secondary N) is 2. The summed E-state index contributed by atoms with van der Waals surface area (Å²) in [7, 11) is 1.29. The number of amides is 2. The molecule has 5 heteroatoms. The molecule has 2 N–H and O–H groups in total. The van der Waals surface area contributed by atoms with Crippen LogP contribution in [-0.4, -0.2) is 19.1 Å². The average molecular weight is 298 g/mol. The first-order valence-electron chi connectivity index (χ1n) is 6.91. The first-order chi connectivity index (χ1) is 10.6. The molecule has 22 heavy (non-hydrogen) atoms. The zero-order valence-electron chi connectivity index (χ0n) is 12.5. The summed E-state index contributed by atoms with van der Waals surface area (Å²) >= 11 is 0. The van der Waals surface area contributed by atoms with E-state index < -0.39 is 6.09 Å². The van der Waals surface area contributed by atoms with Gasteiger partial charge in [-0.3, -0.25) is 10.1 Å². The molecule has 0 aromatic heterocycles. The van der Waals surface area contributed by atoms with Crippen molar-refractivity contribution in [1.82, 2.24) is 5.32 Å². The molecule has 2 aromatic carbocycles. The van der Waals surface area contributed by atoms with E-state index in [-0.39, 0.29) is 11.9 Å². The van der Waals surface area contributed by atoms with Gasteiger partial charge >= 0.3 is 6.09 Å². The van der Waals surface area contributed by atoms with Crippen molar-refractivity contribution in [3.8, 4) is 0 Å². The minimum absolute atomic E-state index is 0.0819. The largest absolute Gasteiger partial charge is 0.453 e. The number of carbonyl (C=O) groups excluding carboxylic acids is 2. The van der Waals surface area contributed by atoms with E-state index >= 15 is 0 Å². The molecule has 0 fully saturated rings. The second-order valence-corrected chi connectivity index (χ2v) is 4.80. The number of carbonyl (C=O) groups is 2. The molecule has 0 radical (unpaired) electrons. The van der Waals surface area contributed by atoms with E-state index in [9.17, 15) is 9.59 Å². The molecule has 2 amide bonds. The van der Waals surface area contributed by atoms with Crippen molar-refractivity contribution in [3.05, 3.63) is 65.7 Å². The van der Waals surface area contributed by atoms with Crippen molar-refractivity contribution in [2.75, 3.05) is 12.4 Å². The number of methoxy groups -OCH3 is 1. The minimum Gasteiger partial charge on any atom is -0.453 e. The molecule has 2 aromatic rings. The number of hydrogen-bond donors (Lipinski definition) is 2. The molecule has 0 aliphatic heterocycles. The Labute approximate surface area is 129 Å². The van der Waals surface area contributed by atoms with Crippen molar-refractivity contribution >= 4 is 17.7 Å². The summed E-state index contributed by atoms with van der Waals surface area (Å²) < 4.78 is 4.50. The van der Waals surface area contributed by atoms with Gasteiger partial charge in [-0.05, 0) is 36.8 Å². The molecule has 0 aliphatic rings. The normalized spacial score (nSPS) is 11.4.